The zero-order valence-electron chi connectivity index (χ0n) is 12.3. The predicted molar refractivity (Wildman–Crippen MR) is 73.9 cm³/mol. The first kappa shape index (κ1) is 18.5. The molecule has 1 N–H and O–H groups in total. The zero-order valence-corrected chi connectivity index (χ0v) is 12.3. The van der Waals surface area contributed by atoms with Gasteiger partial charge in [-0.15, -0.1) is 5.92 Å². The molecule has 0 spiro atoms. The van der Waals surface area contributed by atoms with Crippen molar-refractivity contribution in [2.45, 2.75) is 57.2 Å². The second-order valence-corrected chi connectivity index (χ2v) is 5.09. The molecule has 1 amide bonds. The standard InChI is InChI=1S/C15H20F3NO3/c16-15(17,18)13(20)9-6-10-19-14(21)11-22-12-7-4-2-1-3-5-8-12/h12H,1-4,6-7,9-11H2,(H,19,21). The Bertz CT molecular complexity index is 438. The maximum atomic E-state index is 12.0. The molecule has 0 bridgehead atoms. The van der Waals surface area contributed by atoms with Crippen LogP contribution in [0.4, 0.5) is 13.2 Å². The number of carbonyl (C=O) groups is 2. The van der Waals surface area contributed by atoms with Crippen LogP contribution in [0, 0.1) is 11.8 Å². The summed E-state index contributed by atoms with van der Waals surface area (Å²) in [5.41, 5.74) is 0. The van der Waals surface area contributed by atoms with E-state index in [9.17, 15) is 22.8 Å². The molecule has 4 nitrogen and oxygen atoms in total. The molecule has 1 rings (SSSR count). The molecule has 0 saturated carbocycles. The number of ether oxygens (including phenoxy) is 1. The van der Waals surface area contributed by atoms with Gasteiger partial charge in [-0.3, -0.25) is 9.59 Å². The van der Waals surface area contributed by atoms with Crippen molar-refractivity contribution in [2.24, 2.45) is 0 Å². The average Bonchev–Trinajstić information content (AvgIpc) is 2.41. The van der Waals surface area contributed by atoms with Crippen LogP contribution in [0.25, 0.3) is 0 Å². The van der Waals surface area contributed by atoms with Gasteiger partial charge in [0.05, 0.1) is 0 Å². The molecule has 124 valence electrons. The minimum absolute atomic E-state index is 0.0142. The van der Waals surface area contributed by atoms with Crippen LogP contribution in [0.5, 0.6) is 0 Å². The van der Waals surface area contributed by atoms with E-state index in [0.29, 0.717) is 0 Å². The zero-order chi connectivity index (χ0) is 16.4. The van der Waals surface area contributed by atoms with Crippen molar-refractivity contribution in [3.05, 3.63) is 0 Å². The molecule has 0 fully saturated rings. The minimum atomic E-state index is -4.80. The van der Waals surface area contributed by atoms with Crippen LogP contribution in [-0.2, 0) is 14.3 Å². The van der Waals surface area contributed by atoms with Gasteiger partial charge < -0.3 is 10.1 Å². The van der Waals surface area contributed by atoms with Crippen LogP contribution in [0.1, 0.15) is 44.9 Å². The third-order valence-corrected chi connectivity index (χ3v) is 3.17. The van der Waals surface area contributed by atoms with E-state index in [2.05, 4.69) is 17.2 Å². The fraction of sp³-hybridized carbons (Fsp3) is 0.733. The van der Waals surface area contributed by atoms with Crippen LogP contribution in [0.15, 0.2) is 0 Å². The molecule has 0 saturated heterocycles. The molecule has 0 aliphatic heterocycles. The summed E-state index contributed by atoms with van der Waals surface area (Å²) in [6.07, 6.45) is -0.959. The number of amides is 1. The van der Waals surface area contributed by atoms with Gasteiger partial charge >= 0.3 is 6.18 Å². The normalized spacial score (nSPS) is 18.6. The fourth-order valence-corrected chi connectivity index (χ4v) is 1.95. The van der Waals surface area contributed by atoms with Crippen molar-refractivity contribution < 1.29 is 27.5 Å². The van der Waals surface area contributed by atoms with Crippen LogP contribution in [0.2, 0.25) is 0 Å². The number of Topliss-reactive ketones (excluding diaryl/α,β-unsaturated/α-hetero) is 1. The number of hydrogen-bond donors (Lipinski definition) is 1. The molecule has 0 aromatic heterocycles. The Hall–Kier alpha value is -1.55. The number of alkyl halides is 3. The smallest absolute Gasteiger partial charge is 0.356 e. The summed E-state index contributed by atoms with van der Waals surface area (Å²) in [7, 11) is 0. The topological polar surface area (TPSA) is 55.4 Å². The largest absolute Gasteiger partial charge is 0.449 e. The lowest BCUT2D eigenvalue weighted by atomic mass is 10.1. The van der Waals surface area contributed by atoms with E-state index in [4.69, 9.17) is 4.74 Å². The number of ketones is 1. The van der Waals surface area contributed by atoms with E-state index in [1.54, 1.807) is 0 Å². The van der Waals surface area contributed by atoms with Crippen molar-refractivity contribution in [2.75, 3.05) is 13.2 Å². The van der Waals surface area contributed by atoms with E-state index in [0.717, 1.165) is 32.1 Å². The van der Waals surface area contributed by atoms with Gasteiger partial charge in [0.2, 0.25) is 11.7 Å². The molecule has 1 aliphatic rings. The van der Waals surface area contributed by atoms with E-state index < -0.39 is 24.3 Å². The number of halogens is 3. The van der Waals surface area contributed by atoms with Crippen molar-refractivity contribution in [1.82, 2.24) is 5.32 Å². The van der Waals surface area contributed by atoms with Gasteiger partial charge in [-0.05, 0) is 25.7 Å². The molecule has 0 heterocycles. The van der Waals surface area contributed by atoms with Gasteiger partial charge in [0.15, 0.2) is 0 Å². The molecule has 1 atom stereocenters. The first-order valence-corrected chi connectivity index (χ1v) is 7.36. The van der Waals surface area contributed by atoms with Crippen LogP contribution < -0.4 is 5.32 Å². The fourth-order valence-electron chi connectivity index (χ4n) is 1.95. The Morgan fingerprint density at radius 3 is 2.73 bits per heavy atom. The lowest BCUT2D eigenvalue weighted by Gasteiger charge is -2.13. The predicted octanol–water partition coefficient (Wildman–Crippen LogP) is 2.37. The van der Waals surface area contributed by atoms with Gasteiger partial charge in [-0.1, -0.05) is 12.3 Å². The summed E-state index contributed by atoms with van der Waals surface area (Å²) >= 11 is 0. The number of carbonyl (C=O) groups excluding carboxylic acids is 2. The first-order chi connectivity index (χ1) is 10.4. The molecular formula is C15H20F3NO3. The van der Waals surface area contributed by atoms with Crippen molar-refractivity contribution >= 4 is 11.7 Å². The second-order valence-electron chi connectivity index (χ2n) is 5.09. The molecule has 7 heteroatoms. The Morgan fingerprint density at radius 1 is 1.23 bits per heavy atom. The number of hydrogen-bond acceptors (Lipinski definition) is 3. The monoisotopic (exact) mass is 319 g/mol. The SMILES string of the molecule is O=C(COC1C#CCCCCC1)NCCCC(=O)C(F)(F)F. The summed E-state index contributed by atoms with van der Waals surface area (Å²) in [4.78, 5) is 22.1. The maximum Gasteiger partial charge on any atom is 0.449 e. The summed E-state index contributed by atoms with van der Waals surface area (Å²) in [6.45, 7) is -0.160. The van der Waals surface area contributed by atoms with Crippen molar-refractivity contribution in [3.8, 4) is 11.8 Å². The highest BCUT2D eigenvalue weighted by Gasteiger charge is 2.37. The van der Waals surface area contributed by atoms with Gasteiger partial charge in [-0.25, -0.2) is 0 Å². The Morgan fingerprint density at radius 2 is 2.00 bits per heavy atom. The maximum absolute atomic E-state index is 12.0. The van der Waals surface area contributed by atoms with E-state index in [1.165, 1.54) is 0 Å². The molecule has 0 aromatic rings. The van der Waals surface area contributed by atoms with Crippen molar-refractivity contribution in [3.63, 3.8) is 0 Å². The summed E-state index contributed by atoms with van der Waals surface area (Å²) in [5.74, 6) is 3.75. The molecule has 1 unspecified atom stereocenters. The quantitative estimate of drug-likeness (QED) is 0.579. The van der Waals surface area contributed by atoms with Crippen LogP contribution >= 0.6 is 0 Å². The lowest BCUT2D eigenvalue weighted by molar-refractivity contribution is -0.171. The number of rotatable bonds is 7. The van der Waals surface area contributed by atoms with Crippen LogP contribution in [-0.4, -0.2) is 37.1 Å². The average molecular weight is 319 g/mol. The molecule has 0 aromatic carbocycles. The van der Waals surface area contributed by atoms with Gasteiger partial charge in [0.1, 0.15) is 12.7 Å². The minimum Gasteiger partial charge on any atom is -0.356 e. The van der Waals surface area contributed by atoms with Gasteiger partial charge in [0.25, 0.3) is 0 Å². The van der Waals surface area contributed by atoms with Gasteiger partial charge in [0, 0.05) is 19.4 Å². The summed E-state index contributed by atoms with van der Waals surface area (Å²) < 4.78 is 41.2. The molecular weight excluding hydrogens is 299 g/mol. The van der Waals surface area contributed by atoms with Crippen molar-refractivity contribution in [1.29, 1.82) is 0 Å². The Kier molecular flexibility index (Phi) is 7.96. The van der Waals surface area contributed by atoms with E-state index >= 15 is 0 Å². The highest BCUT2D eigenvalue weighted by atomic mass is 19.4. The second kappa shape index (κ2) is 9.46. The molecule has 1 aliphatic carbocycles. The molecule has 0 radical (unpaired) electrons. The summed E-state index contributed by atoms with van der Waals surface area (Å²) in [6, 6.07) is 0. The van der Waals surface area contributed by atoms with Crippen LogP contribution in [0.3, 0.4) is 0 Å². The Balaban J connectivity index is 2.14. The van der Waals surface area contributed by atoms with Gasteiger partial charge in [-0.2, -0.15) is 13.2 Å². The third-order valence-electron chi connectivity index (χ3n) is 3.17. The Labute approximate surface area is 127 Å². The van der Waals surface area contributed by atoms with E-state index in [-0.39, 0.29) is 25.7 Å². The number of nitrogens with one attached hydrogen (secondary N) is 1. The first-order valence-electron chi connectivity index (χ1n) is 7.36. The summed E-state index contributed by atoms with van der Waals surface area (Å²) in [5, 5.41) is 2.43. The highest BCUT2D eigenvalue weighted by molar-refractivity contribution is 5.84. The van der Waals surface area contributed by atoms with E-state index in [1.807, 2.05) is 0 Å². The lowest BCUT2D eigenvalue weighted by Crippen LogP contribution is -2.31. The highest BCUT2D eigenvalue weighted by Crippen LogP contribution is 2.18. The third kappa shape index (κ3) is 8.03. The molecule has 22 heavy (non-hydrogen) atoms.